The molecule has 2 aromatic rings. The van der Waals surface area contributed by atoms with Gasteiger partial charge in [-0.05, 0) is 43.9 Å². The number of rotatable bonds is 1. The van der Waals surface area contributed by atoms with Crippen LogP contribution in [0.3, 0.4) is 0 Å². The second-order valence-corrected chi connectivity index (χ2v) is 4.47. The quantitative estimate of drug-likeness (QED) is 0.785. The van der Waals surface area contributed by atoms with E-state index in [-0.39, 0.29) is 0 Å². The monoisotopic (exact) mass is 216 g/mol. The molecular formula is C12H16N4. The van der Waals surface area contributed by atoms with E-state index in [9.17, 15) is 0 Å². The van der Waals surface area contributed by atoms with Crippen molar-refractivity contribution in [2.75, 3.05) is 13.1 Å². The second-order valence-electron chi connectivity index (χ2n) is 4.47. The SMILES string of the molecule is Cc1nnn2cccc(C3CCCNC3)c12. The van der Waals surface area contributed by atoms with Crippen molar-refractivity contribution in [1.29, 1.82) is 0 Å². The van der Waals surface area contributed by atoms with Crippen LogP contribution in [0, 0.1) is 6.92 Å². The van der Waals surface area contributed by atoms with Gasteiger partial charge in [-0.2, -0.15) is 0 Å². The zero-order valence-electron chi connectivity index (χ0n) is 9.48. The first kappa shape index (κ1) is 9.78. The number of nitrogens with zero attached hydrogens (tertiary/aromatic N) is 3. The Morgan fingerprint density at radius 3 is 3.25 bits per heavy atom. The van der Waals surface area contributed by atoms with Crippen LogP contribution in [0.5, 0.6) is 0 Å². The molecule has 1 saturated heterocycles. The summed E-state index contributed by atoms with van der Waals surface area (Å²) in [5.74, 6) is 0.606. The number of aromatic nitrogens is 3. The van der Waals surface area contributed by atoms with E-state index in [0.29, 0.717) is 5.92 Å². The second kappa shape index (κ2) is 3.87. The van der Waals surface area contributed by atoms with Crippen LogP contribution in [-0.4, -0.2) is 27.9 Å². The lowest BCUT2D eigenvalue weighted by Gasteiger charge is -2.23. The van der Waals surface area contributed by atoms with Gasteiger partial charge in [0.1, 0.15) is 0 Å². The molecule has 0 aromatic carbocycles. The molecule has 0 radical (unpaired) electrons. The van der Waals surface area contributed by atoms with Gasteiger partial charge in [0.15, 0.2) is 0 Å². The van der Waals surface area contributed by atoms with E-state index in [1.807, 2.05) is 17.6 Å². The van der Waals surface area contributed by atoms with E-state index in [1.165, 1.54) is 23.9 Å². The average Bonchev–Trinajstić information content (AvgIpc) is 2.73. The number of nitrogens with one attached hydrogen (secondary N) is 1. The van der Waals surface area contributed by atoms with Gasteiger partial charge in [0.2, 0.25) is 0 Å². The summed E-state index contributed by atoms with van der Waals surface area (Å²) in [5, 5.41) is 11.7. The number of piperidine rings is 1. The van der Waals surface area contributed by atoms with Gasteiger partial charge in [0, 0.05) is 12.7 Å². The van der Waals surface area contributed by atoms with Crippen LogP contribution >= 0.6 is 0 Å². The molecule has 1 fully saturated rings. The predicted molar refractivity (Wildman–Crippen MR) is 62.6 cm³/mol. The summed E-state index contributed by atoms with van der Waals surface area (Å²) in [6.07, 6.45) is 4.48. The maximum atomic E-state index is 4.14. The molecule has 2 aromatic heterocycles. The first-order valence-electron chi connectivity index (χ1n) is 5.87. The molecule has 1 unspecified atom stereocenters. The van der Waals surface area contributed by atoms with Gasteiger partial charge in [-0.1, -0.05) is 11.3 Å². The Hall–Kier alpha value is -1.42. The summed E-state index contributed by atoms with van der Waals surface area (Å²) in [6, 6.07) is 4.27. The van der Waals surface area contributed by atoms with Crippen molar-refractivity contribution in [2.24, 2.45) is 0 Å². The maximum Gasteiger partial charge on any atom is 0.0929 e. The fourth-order valence-corrected chi connectivity index (χ4v) is 2.57. The lowest BCUT2D eigenvalue weighted by molar-refractivity contribution is 0.462. The molecule has 16 heavy (non-hydrogen) atoms. The van der Waals surface area contributed by atoms with Gasteiger partial charge in [0.25, 0.3) is 0 Å². The highest BCUT2D eigenvalue weighted by atomic mass is 15.4. The van der Waals surface area contributed by atoms with Gasteiger partial charge < -0.3 is 5.32 Å². The molecule has 0 amide bonds. The van der Waals surface area contributed by atoms with E-state index in [1.54, 1.807) is 0 Å². The molecule has 0 saturated carbocycles. The van der Waals surface area contributed by atoms with Crippen LogP contribution in [0.25, 0.3) is 5.52 Å². The topological polar surface area (TPSA) is 42.2 Å². The molecule has 0 aliphatic carbocycles. The third-order valence-corrected chi connectivity index (χ3v) is 3.38. The number of aryl methyl sites for hydroxylation is 1. The Balaban J connectivity index is 2.10. The summed E-state index contributed by atoms with van der Waals surface area (Å²) < 4.78 is 1.89. The van der Waals surface area contributed by atoms with Crippen LogP contribution in [-0.2, 0) is 0 Å². The minimum absolute atomic E-state index is 0.606. The van der Waals surface area contributed by atoms with Crippen molar-refractivity contribution < 1.29 is 0 Å². The van der Waals surface area contributed by atoms with Crippen LogP contribution in [0.15, 0.2) is 18.3 Å². The van der Waals surface area contributed by atoms with Crippen molar-refractivity contribution in [3.8, 4) is 0 Å². The number of hydrogen-bond donors (Lipinski definition) is 1. The molecule has 1 atom stereocenters. The molecule has 0 spiro atoms. The molecule has 0 bridgehead atoms. The minimum Gasteiger partial charge on any atom is -0.316 e. The number of fused-ring (bicyclic) bond motifs is 1. The largest absolute Gasteiger partial charge is 0.316 e. The smallest absolute Gasteiger partial charge is 0.0929 e. The first-order valence-corrected chi connectivity index (χ1v) is 5.87. The Morgan fingerprint density at radius 1 is 1.50 bits per heavy atom. The van der Waals surface area contributed by atoms with Gasteiger partial charge in [-0.3, -0.25) is 0 Å². The van der Waals surface area contributed by atoms with E-state index >= 15 is 0 Å². The van der Waals surface area contributed by atoms with E-state index < -0.39 is 0 Å². The summed E-state index contributed by atoms with van der Waals surface area (Å²) in [5.41, 5.74) is 3.61. The van der Waals surface area contributed by atoms with Crippen molar-refractivity contribution in [3.05, 3.63) is 29.6 Å². The van der Waals surface area contributed by atoms with E-state index in [0.717, 1.165) is 18.8 Å². The van der Waals surface area contributed by atoms with Crippen LogP contribution < -0.4 is 5.32 Å². The standard InChI is InChI=1S/C12H16N4/c1-9-12-11(10-4-2-6-13-8-10)5-3-7-16(12)15-14-9/h3,5,7,10,13H,2,4,6,8H2,1H3. The normalized spacial score (nSPS) is 21.4. The fraction of sp³-hybridized carbons (Fsp3) is 0.500. The molecule has 1 N–H and O–H groups in total. The summed E-state index contributed by atoms with van der Waals surface area (Å²) in [4.78, 5) is 0. The molecule has 4 nitrogen and oxygen atoms in total. The summed E-state index contributed by atoms with van der Waals surface area (Å²) in [7, 11) is 0. The zero-order valence-corrected chi connectivity index (χ0v) is 9.48. The summed E-state index contributed by atoms with van der Waals surface area (Å²) in [6.45, 7) is 4.25. The lowest BCUT2D eigenvalue weighted by Crippen LogP contribution is -2.28. The minimum atomic E-state index is 0.606. The summed E-state index contributed by atoms with van der Waals surface area (Å²) >= 11 is 0. The van der Waals surface area contributed by atoms with Crippen molar-refractivity contribution in [3.63, 3.8) is 0 Å². The molecule has 3 rings (SSSR count). The highest BCUT2D eigenvalue weighted by molar-refractivity contribution is 5.59. The predicted octanol–water partition coefficient (Wildman–Crippen LogP) is 1.50. The average molecular weight is 216 g/mol. The van der Waals surface area contributed by atoms with Crippen LogP contribution in [0.1, 0.15) is 30.0 Å². The van der Waals surface area contributed by atoms with Crippen molar-refractivity contribution >= 4 is 5.52 Å². The lowest BCUT2D eigenvalue weighted by atomic mass is 9.91. The van der Waals surface area contributed by atoms with Crippen molar-refractivity contribution in [1.82, 2.24) is 20.1 Å². The van der Waals surface area contributed by atoms with Gasteiger partial charge in [-0.25, -0.2) is 4.52 Å². The molecule has 1 aliphatic rings. The third-order valence-electron chi connectivity index (χ3n) is 3.38. The molecule has 3 heterocycles. The molecule has 84 valence electrons. The maximum absolute atomic E-state index is 4.14. The van der Waals surface area contributed by atoms with Crippen LogP contribution in [0.4, 0.5) is 0 Å². The highest BCUT2D eigenvalue weighted by Gasteiger charge is 2.19. The third kappa shape index (κ3) is 1.50. The van der Waals surface area contributed by atoms with Gasteiger partial charge >= 0.3 is 0 Å². The van der Waals surface area contributed by atoms with E-state index in [2.05, 4.69) is 27.8 Å². The molecule has 4 heteroatoms. The van der Waals surface area contributed by atoms with Gasteiger partial charge in [-0.15, -0.1) is 5.10 Å². The Kier molecular flexibility index (Phi) is 2.36. The Bertz CT molecular complexity index is 497. The Labute approximate surface area is 94.7 Å². The molecule has 1 aliphatic heterocycles. The zero-order chi connectivity index (χ0) is 11.0. The number of hydrogen-bond acceptors (Lipinski definition) is 3. The Morgan fingerprint density at radius 2 is 2.44 bits per heavy atom. The van der Waals surface area contributed by atoms with Crippen LogP contribution in [0.2, 0.25) is 0 Å². The number of pyridine rings is 1. The van der Waals surface area contributed by atoms with Crippen molar-refractivity contribution in [2.45, 2.75) is 25.7 Å². The highest BCUT2D eigenvalue weighted by Crippen LogP contribution is 2.27. The van der Waals surface area contributed by atoms with E-state index in [4.69, 9.17) is 0 Å². The molecular weight excluding hydrogens is 200 g/mol. The van der Waals surface area contributed by atoms with Gasteiger partial charge in [0.05, 0.1) is 11.2 Å². The fourth-order valence-electron chi connectivity index (χ4n) is 2.57. The first-order chi connectivity index (χ1) is 7.86.